The summed E-state index contributed by atoms with van der Waals surface area (Å²) in [4.78, 5) is 0. The van der Waals surface area contributed by atoms with Crippen LogP contribution in [0, 0.1) is 5.41 Å². The first-order chi connectivity index (χ1) is 3.81. The van der Waals surface area contributed by atoms with Crippen LogP contribution >= 0.6 is 22.6 Å². The number of hydrogen-bond acceptors (Lipinski definition) is 0. The SMILES string of the molecule is IC1CC2(CCC2)C1. The van der Waals surface area contributed by atoms with Gasteiger partial charge in [-0.15, -0.1) is 0 Å². The summed E-state index contributed by atoms with van der Waals surface area (Å²) >= 11 is 2.58. The van der Waals surface area contributed by atoms with Gasteiger partial charge in [0.25, 0.3) is 0 Å². The van der Waals surface area contributed by atoms with E-state index in [2.05, 4.69) is 22.6 Å². The molecule has 0 unspecified atom stereocenters. The summed E-state index contributed by atoms with van der Waals surface area (Å²) in [7, 11) is 0. The molecular formula is C7H11I. The summed E-state index contributed by atoms with van der Waals surface area (Å²) in [5.74, 6) is 0. The Balaban J connectivity index is 1.92. The molecule has 1 spiro atoms. The van der Waals surface area contributed by atoms with Crippen LogP contribution in [-0.2, 0) is 0 Å². The molecule has 0 N–H and O–H groups in total. The van der Waals surface area contributed by atoms with Crippen LogP contribution in [-0.4, -0.2) is 3.92 Å². The molecule has 1 heteroatoms. The molecule has 0 radical (unpaired) electrons. The second-order valence-corrected chi connectivity index (χ2v) is 5.12. The molecule has 2 aliphatic carbocycles. The number of halogens is 1. The lowest BCUT2D eigenvalue weighted by atomic mass is 9.56. The molecule has 0 aromatic rings. The Labute approximate surface area is 64.2 Å². The Kier molecular flexibility index (Phi) is 1.11. The topological polar surface area (TPSA) is 0 Å². The summed E-state index contributed by atoms with van der Waals surface area (Å²) in [5.41, 5.74) is 0.909. The zero-order chi connectivity index (χ0) is 5.61. The summed E-state index contributed by atoms with van der Waals surface area (Å²) in [6, 6.07) is 0. The largest absolute Gasteiger partial charge is 0.0826 e. The Bertz CT molecular complexity index is 97.0. The highest BCUT2D eigenvalue weighted by Crippen LogP contribution is 2.58. The highest BCUT2D eigenvalue weighted by molar-refractivity contribution is 14.1. The number of alkyl halides is 1. The fourth-order valence-corrected chi connectivity index (χ4v) is 3.83. The zero-order valence-corrected chi connectivity index (χ0v) is 7.15. The third-order valence-electron chi connectivity index (χ3n) is 2.72. The molecule has 2 rings (SSSR count). The maximum atomic E-state index is 2.58. The lowest BCUT2D eigenvalue weighted by Crippen LogP contribution is -2.42. The highest BCUT2D eigenvalue weighted by atomic mass is 127. The standard InChI is InChI=1S/C7H11I/c8-6-4-7(5-6)2-1-3-7/h6H,1-5H2. The van der Waals surface area contributed by atoms with Crippen molar-refractivity contribution in [2.45, 2.75) is 36.0 Å². The molecule has 46 valence electrons. The van der Waals surface area contributed by atoms with E-state index in [4.69, 9.17) is 0 Å². The summed E-state index contributed by atoms with van der Waals surface area (Å²) in [6.45, 7) is 0. The van der Waals surface area contributed by atoms with Crippen molar-refractivity contribution in [3.63, 3.8) is 0 Å². The third-order valence-corrected chi connectivity index (χ3v) is 3.60. The van der Waals surface area contributed by atoms with Crippen LogP contribution in [0.5, 0.6) is 0 Å². The van der Waals surface area contributed by atoms with E-state index < -0.39 is 0 Å². The third kappa shape index (κ3) is 0.630. The number of rotatable bonds is 0. The van der Waals surface area contributed by atoms with E-state index in [1.807, 2.05) is 0 Å². The van der Waals surface area contributed by atoms with Gasteiger partial charge in [0.05, 0.1) is 0 Å². The van der Waals surface area contributed by atoms with Gasteiger partial charge in [-0.1, -0.05) is 29.0 Å². The van der Waals surface area contributed by atoms with Gasteiger partial charge in [0.1, 0.15) is 0 Å². The fraction of sp³-hybridized carbons (Fsp3) is 1.00. The summed E-state index contributed by atoms with van der Waals surface area (Å²) in [5, 5.41) is 0. The van der Waals surface area contributed by atoms with E-state index in [1.165, 1.54) is 19.3 Å². The van der Waals surface area contributed by atoms with Crippen molar-refractivity contribution in [1.82, 2.24) is 0 Å². The Morgan fingerprint density at radius 3 is 2.00 bits per heavy atom. The maximum absolute atomic E-state index is 2.58. The predicted octanol–water partition coefficient (Wildman–Crippen LogP) is 2.75. The van der Waals surface area contributed by atoms with Crippen LogP contribution in [0.4, 0.5) is 0 Å². The molecule has 0 amide bonds. The van der Waals surface area contributed by atoms with Crippen LogP contribution in [0.1, 0.15) is 32.1 Å². The van der Waals surface area contributed by atoms with Crippen molar-refractivity contribution in [3.05, 3.63) is 0 Å². The highest BCUT2D eigenvalue weighted by Gasteiger charge is 2.46. The second-order valence-electron chi connectivity index (χ2n) is 3.36. The van der Waals surface area contributed by atoms with E-state index in [0.717, 1.165) is 9.34 Å². The Hall–Kier alpha value is 0.730. The van der Waals surface area contributed by atoms with Gasteiger partial charge in [0.2, 0.25) is 0 Å². The van der Waals surface area contributed by atoms with Crippen molar-refractivity contribution in [2.75, 3.05) is 0 Å². The minimum atomic E-state index is 0.909. The van der Waals surface area contributed by atoms with E-state index in [9.17, 15) is 0 Å². The van der Waals surface area contributed by atoms with Crippen molar-refractivity contribution < 1.29 is 0 Å². The molecule has 0 heterocycles. The summed E-state index contributed by atoms with van der Waals surface area (Å²) in [6.07, 6.45) is 7.68. The molecule has 0 aliphatic heterocycles. The van der Waals surface area contributed by atoms with E-state index in [1.54, 1.807) is 12.8 Å². The zero-order valence-electron chi connectivity index (χ0n) is 4.99. The first-order valence-electron chi connectivity index (χ1n) is 3.45. The van der Waals surface area contributed by atoms with Gasteiger partial charge in [0.15, 0.2) is 0 Å². The molecule has 2 aliphatic rings. The molecule has 0 saturated heterocycles. The monoisotopic (exact) mass is 222 g/mol. The Morgan fingerprint density at radius 2 is 1.88 bits per heavy atom. The van der Waals surface area contributed by atoms with Crippen molar-refractivity contribution in [3.8, 4) is 0 Å². The average molecular weight is 222 g/mol. The first-order valence-corrected chi connectivity index (χ1v) is 4.69. The van der Waals surface area contributed by atoms with Crippen LogP contribution < -0.4 is 0 Å². The molecule has 0 bridgehead atoms. The van der Waals surface area contributed by atoms with Gasteiger partial charge in [-0.2, -0.15) is 0 Å². The van der Waals surface area contributed by atoms with E-state index >= 15 is 0 Å². The summed E-state index contributed by atoms with van der Waals surface area (Å²) < 4.78 is 1.04. The van der Waals surface area contributed by atoms with Gasteiger partial charge in [-0.25, -0.2) is 0 Å². The fourth-order valence-electron chi connectivity index (χ4n) is 1.96. The second kappa shape index (κ2) is 1.61. The van der Waals surface area contributed by atoms with Gasteiger partial charge < -0.3 is 0 Å². The number of hydrogen-bond donors (Lipinski definition) is 0. The minimum absolute atomic E-state index is 0.909. The minimum Gasteiger partial charge on any atom is -0.0826 e. The lowest BCUT2D eigenvalue weighted by Gasteiger charge is -2.52. The predicted molar refractivity (Wildman–Crippen MR) is 43.3 cm³/mol. The van der Waals surface area contributed by atoms with Crippen LogP contribution in [0.3, 0.4) is 0 Å². The molecular weight excluding hydrogens is 211 g/mol. The smallest absolute Gasteiger partial charge is 0.0120 e. The quantitative estimate of drug-likeness (QED) is 0.436. The molecule has 0 aromatic heterocycles. The van der Waals surface area contributed by atoms with Crippen LogP contribution in [0.2, 0.25) is 0 Å². The van der Waals surface area contributed by atoms with E-state index in [0.29, 0.717) is 0 Å². The molecule has 0 atom stereocenters. The van der Waals surface area contributed by atoms with Crippen molar-refractivity contribution >= 4 is 22.6 Å². The Morgan fingerprint density at radius 1 is 1.25 bits per heavy atom. The molecule has 2 saturated carbocycles. The molecule has 0 nitrogen and oxygen atoms in total. The molecule has 2 fully saturated rings. The molecule has 8 heavy (non-hydrogen) atoms. The molecule has 0 aromatic carbocycles. The average Bonchev–Trinajstić information content (AvgIpc) is 1.51. The van der Waals surface area contributed by atoms with Gasteiger partial charge >= 0.3 is 0 Å². The van der Waals surface area contributed by atoms with Crippen molar-refractivity contribution in [1.29, 1.82) is 0 Å². The lowest BCUT2D eigenvalue weighted by molar-refractivity contribution is 0.0432. The normalized spacial score (nSPS) is 34.1. The van der Waals surface area contributed by atoms with Gasteiger partial charge in [-0.05, 0) is 31.1 Å². The van der Waals surface area contributed by atoms with Crippen molar-refractivity contribution in [2.24, 2.45) is 5.41 Å². The van der Waals surface area contributed by atoms with Crippen LogP contribution in [0.15, 0.2) is 0 Å². The van der Waals surface area contributed by atoms with Gasteiger partial charge in [0, 0.05) is 3.92 Å². The first kappa shape index (κ1) is 5.51. The van der Waals surface area contributed by atoms with E-state index in [-0.39, 0.29) is 0 Å². The van der Waals surface area contributed by atoms with Gasteiger partial charge in [-0.3, -0.25) is 0 Å². The van der Waals surface area contributed by atoms with Crippen LogP contribution in [0.25, 0.3) is 0 Å². The maximum Gasteiger partial charge on any atom is 0.0120 e.